The fraction of sp³-hybridized carbons (Fsp3) is 0.700. The maximum Gasteiger partial charge on any atom is 0.119 e. The van der Waals surface area contributed by atoms with Gasteiger partial charge in [-0.25, -0.2) is 0 Å². The molecular formula is C20H33N3O. The molecule has 2 saturated heterocycles. The summed E-state index contributed by atoms with van der Waals surface area (Å²) in [4.78, 5) is 5.06. The molecule has 24 heavy (non-hydrogen) atoms. The van der Waals surface area contributed by atoms with Crippen LogP contribution in [-0.4, -0.2) is 55.2 Å². The molecule has 0 saturated carbocycles. The quantitative estimate of drug-likeness (QED) is 0.834. The van der Waals surface area contributed by atoms with Crippen LogP contribution in [0.3, 0.4) is 0 Å². The Bertz CT molecular complexity index is 488. The molecule has 2 N–H and O–H groups in total. The van der Waals surface area contributed by atoms with Crippen LogP contribution in [0.2, 0.25) is 0 Å². The number of ether oxygens (including phenoxy) is 1. The highest BCUT2D eigenvalue weighted by Crippen LogP contribution is 2.21. The number of rotatable bonds is 7. The zero-order chi connectivity index (χ0) is 16.6. The lowest BCUT2D eigenvalue weighted by Gasteiger charge is -2.35. The lowest BCUT2D eigenvalue weighted by atomic mass is 10.0. The third-order valence-corrected chi connectivity index (χ3v) is 5.43. The monoisotopic (exact) mass is 331 g/mol. The number of nitrogens with zero attached hydrogens (tertiary/aromatic N) is 2. The van der Waals surface area contributed by atoms with Crippen molar-refractivity contribution in [1.82, 2.24) is 9.80 Å². The Hall–Kier alpha value is -1.10. The van der Waals surface area contributed by atoms with Crippen LogP contribution in [0.1, 0.15) is 44.1 Å². The first kappa shape index (κ1) is 17.7. The highest BCUT2D eigenvalue weighted by molar-refractivity contribution is 5.28. The summed E-state index contributed by atoms with van der Waals surface area (Å²) in [6, 6.07) is 9.16. The van der Waals surface area contributed by atoms with Crippen molar-refractivity contribution in [2.75, 3.05) is 39.3 Å². The van der Waals surface area contributed by atoms with Crippen molar-refractivity contribution in [2.24, 2.45) is 5.73 Å². The molecule has 0 unspecified atom stereocenters. The van der Waals surface area contributed by atoms with Gasteiger partial charge in [0.15, 0.2) is 0 Å². The van der Waals surface area contributed by atoms with Gasteiger partial charge < -0.3 is 10.5 Å². The van der Waals surface area contributed by atoms with Crippen molar-refractivity contribution in [3.8, 4) is 5.75 Å². The van der Waals surface area contributed by atoms with E-state index < -0.39 is 0 Å². The van der Waals surface area contributed by atoms with Crippen LogP contribution < -0.4 is 10.5 Å². The van der Waals surface area contributed by atoms with Gasteiger partial charge in [-0.3, -0.25) is 9.80 Å². The van der Waals surface area contributed by atoms with E-state index in [1.54, 1.807) is 0 Å². The standard InChI is InChI=1S/C20H33N3O/c21-16-19-8-2-5-12-23(19)17-18-7-6-9-20(15-18)24-14-13-22-10-3-1-4-11-22/h6-7,9,15,19H,1-5,8,10-14,16-17,21H2/t19-/m1/s1. The number of nitrogens with two attached hydrogens (primary N) is 1. The minimum absolute atomic E-state index is 0.544. The molecule has 0 spiro atoms. The summed E-state index contributed by atoms with van der Waals surface area (Å²) >= 11 is 0. The Balaban J connectivity index is 1.48. The fourth-order valence-electron chi connectivity index (χ4n) is 3.98. The minimum Gasteiger partial charge on any atom is -0.492 e. The zero-order valence-electron chi connectivity index (χ0n) is 15.0. The van der Waals surface area contributed by atoms with Crippen LogP contribution in [0.4, 0.5) is 0 Å². The largest absolute Gasteiger partial charge is 0.492 e. The summed E-state index contributed by atoms with van der Waals surface area (Å²) in [7, 11) is 0. The molecule has 1 aromatic rings. The SMILES string of the molecule is NC[C@H]1CCCCN1Cc1cccc(OCCN2CCCCC2)c1. The first-order valence-electron chi connectivity index (χ1n) is 9.73. The molecule has 0 bridgehead atoms. The molecule has 4 heteroatoms. The fourth-order valence-corrected chi connectivity index (χ4v) is 3.98. The van der Waals surface area contributed by atoms with Gasteiger partial charge in [0.1, 0.15) is 12.4 Å². The summed E-state index contributed by atoms with van der Waals surface area (Å²) in [5.74, 6) is 1.01. The summed E-state index contributed by atoms with van der Waals surface area (Å²) in [6.45, 7) is 7.24. The summed E-state index contributed by atoms with van der Waals surface area (Å²) in [5, 5.41) is 0. The summed E-state index contributed by atoms with van der Waals surface area (Å²) in [6.07, 6.45) is 7.92. The third kappa shape index (κ3) is 5.20. The predicted octanol–water partition coefficient (Wildman–Crippen LogP) is 2.86. The lowest BCUT2D eigenvalue weighted by Crippen LogP contribution is -2.43. The Kier molecular flexibility index (Phi) is 6.94. The molecular weight excluding hydrogens is 298 g/mol. The van der Waals surface area contributed by atoms with Gasteiger partial charge in [-0.15, -0.1) is 0 Å². The molecule has 0 radical (unpaired) electrons. The maximum atomic E-state index is 6.01. The van der Waals surface area contributed by atoms with E-state index in [0.717, 1.165) is 32.0 Å². The number of benzene rings is 1. The second kappa shape index (κ2) is 9.40. The van der Waals surface area contributed by atoms with Crippen molar-refractivity contribution >= 4 is 0 Å². The predicted molar refractivity (Wildman–Crippen MR) is 99.3 cm³/mol. The Morgan fingerprint density at radius 3 is 2.71 bits per heavy atom. The molecule has 0 aliphatic carbocycles. The summed E-state index contributed by atoms with van der Waals surface area (Å²) in [5.41, 5.74) is 7.28. The number of hydrogen-bond acceptors (Lipinski definition) is 4. The van der Waals surface area contributed by atoms with E-state index in [0.29, 0.717) is 6.04 Å². The van der Waals surface area contributed by atoms with Gasteiger partial charge in [0.2, 0.25) is 0 Å². The van der Waals surface area contributed by atoms with Gasteiger partial charge in [0.25, 0.3) is 0 Å². The normalized spacial score (nSPS) is 23.3. The molecule has 1 aromatic carbocycles. The van der Waals surface area contributed by atoms with Crippen LogP contribution in [0.15, 0.2) is 24.3 Å². The van der Waals surface area contributed by atoms with Crippen LogP contribution >= 0.6 is 0 Å². The Morgan fingerprint density at radius 2 is 1.88 bits per heavy atom. The van der Waals surface area contributed by atoms with Crippen LogP contribution in [0, 0.1) is 0 Å². The van der Waals surface area contributed by atoms with Crippen LogP contribution in [-0.2, 0) is 6.54 Å². The average molecular weight is 332 g/mol. The molecule has 3 rings (SSSR count). The highest BCUT2D eigenvalue weighted by atomic mass is 16.5. The topological polar surface area (TPSA) is 41.7 Å². The number of hydrogen-bond donors (Lipinski definition) is 1. The third-order valence-electron chi connectivity index (χ3n) is 5.43. The van der Waals surface area contributed by atoms with E-state index in [-0.39, 0.29) is 0 Å². The maximum absolute atomic E-state index is 6.01. The van der Waals surface area contributed by atoms with Crippen molar-refractivity contribution < 1.29 is 4.74 Å². The van der Waals surface area contributed by atoms with Gasteiger partial charge in [0.05, 0.1) is 0 Å². The zero-order valence-corrected chi connectivity index (χ0v) is 15.0. The molecule has 0 amide bonds. The summed E-state index contributed by atoms with van der Waals surface area (Å²) < 4.78 is 6.01. The van der Waals surface area contributed by atoms with E-state index >= 15 is 0 Å². The van der Waals surface area contributed by atoms with E-state index in [1.807, 2.05) is 0 Å². The molecule has 2 heterocycles. The Labute approximate surface area is 147 Å². The lowest BCUT2D eigenvalue weighted by molar-refractivity contribution is 0.144. The van der Waals surface area contributed by atoms with Crippen LogP contribution in [0.5, 0.6) is 5.75 Å². The van der Waals surface area contributed by atoms with Crippen molar-refractivity contribution in [1.29, 1.82) is 0 Å². The average Bonchev–Trinajstić information content (AvgIpc) is 2.63. The molecule has 1 atom stereocenters. The van der Waals surface area contributed by atoms with Gasteiger partial charge in [0, 0.05) is 25.7 Å². The second-order valence-electron chi connectivity index (χ2n) is 7.25. The smallest absolute Gasteiger partial charge is 0.119 e. The molecule has 0 aromatic heterocycles. The Morgan fingerprint density at radius 1 is 1.04 bits per heavy atom. The van der Waals surface area contributed by atoms with Crippen molar-refractivity contribution in [3.05, 3.63) is 29.8 Å². The van der Waals surface area contributed by atoms with Crippen LogP contribution in [0.25, 0.3) is 0 Å². The van der Waals surface area contributed by atoms with Gasteiger partial charge in [-0.05, 0) is 63.0 Å². The van der Waals surface area contributed by atoms with Crippen molar-refractivity contribution in [2.45, 2.75) is 51.1 Å². The molecule has 4 nitrogen and oxygen atoms in total. The van der Waals surface area contributed by atoms with E-state index in [4.69, 9.17) is 10.5 Å². The first-order chi connectivity index (χ1) is 11.8. The number of likely N-dealkylation sites (tertiary alicyclic amines) is 2. The van der Waals surface area contributed by atoms with Gasteiger partial charge in [-0.1, -0.05) is 25.0 Å². The van der Waals surface area contributed by atoms with E-state index in [9.17, 15) is 0 Å². The number of piperidine rings is 2. The van der Waals surface area contributed by atoms with E-state index in [2.05, 4.69) is 34.1 Å². The van der Waals surface area contributed by atoms with Gasteiger partial charge in [-0.2, -0.15) is 0 Å². The second-order valence-corrected chi connectivity index (χ2v) is 7.25. The highest BCUT2D eigenvalue weighted by Gasteiger charge is 2.21. The minimum atomic E-state index is 0.544. The first-order valence-corrected chi connectivity index (χ1v) is 9.73. The molecule has 2 aliphatic heterocycles. The molecule has 2 fully saturated rings. The molecule has 134 valence electrons. The molecule has 2 aliphatic rings. The van der Waals surface area contributed by atoms with Gasteiger partial charge >= 0.3 is 0 Å². The van der Waals surface area contributed by atoms with E-state index in [1.165, 1.54) is 63.7 Å². The van der Waals surface area contributed by atoms with Crippen molar-refractivity contribution in [3.63, 3.8) is 0 Å².